The van der Waals surface area contributed by atoms with Crippen molar-refractivity contribution in [3.8, 4) is 17.2 Å². The lowest BCUT2D eigenvalue weighted by Crippen LogP contribution is -2.47. The van der Waals surface area contributed by atoms with Crippen LogP contribution >= 0.6 is 0 Å². The third-order valence-electron chi connectivity index (χ3n) is 5.14. The normalized spacial score (nSPS) is 21.2. The van der Waals surface area contributed by atoms with Gasteiger partial charge in [-0.2, -0.15) is 0 Å². The van der Waals surface area contributed by atoms with Crippen molar-refractivity contribution in [1.82, 2.24) is 0 Å². The van der Waals surface area contributed by atoms with Gasteiger partial charge in [-0.1, -0.05) is 0 Å². The van der Waals surface area contributed by atoms with Crippen LogP contribution in [-0.4, -0.2) is 73.8 Å². The number of hydrogen-bond donors (Lipinski definition) is 2. The van der Waals surface area contributed by atoms with E-state index in [2.05, 4.69) is 0 Å². The molecule has 33 heavy (non-hydrogen) atoms. The van der Waals surface area contributed by atoms with Gasteiger partial charge in [-0.25, -0.2) is 4.79 Å². The fourth-order valence-electron chi connectivity index (χ4n) is 3.42. The quantitative estimate of drug-likeness (QED) is 0.513. The Labute approximate surface area is 192 Å². The van der Waals surface area contributed by atoms with Crippen LogP contribution in [0.4, 0.5) is 0 Å². The smallest absolute Gasteiger partial charge is 0.338 e. The van der Waals surface area contributed by atoms with E-state index in [0.29, 0.717) is 22.8 Å². The molecule has 9 heteroatoms. The molecule has 1 saturated heterocycles. The lowest BCUT2D eigenvalue weighted by molar-refractivity contribution is -0.165. The summed E-state index contributed by atoms with van der Waals surface area (Å²) < 4.78 is 32.8. The van der Waals surface area contributed by atoms with Crippen LogP contribution < -0.4 is 14.2 Å². The highest BCUT2D eigenvalue weighted by atomic mass is 16.8. The number of benzene rings is 2. The van der Waals surface area contributed by atoms with Crippen molar-refractivity contribution in [2.75, 3.05) is 27.4 Å². The molecule has 1 fully saturated rings. The van der Waals surface area contributed by atoms with Crippen LogP contribution in [0, 0.1) is 0 Å². The summed E-state index contributed by atoms with van der Waals surface area (Å²) in [5.41, 5.74) is 0.296. The van der Waals surface area contributed by atoms with E-state index in [0.717, 1.165) is 0 Å². The van der Waals surface area contributed by atoms with Crippen molar-refractivity contribution in [2.45, 2.75) is 44.1 Å². The van der Waals surface area contributed by atoms with E-state index in [9.17, 15) is 15.0 Å². The van der Waals surface area contributed by atoms with Gasteiger partial charge in [0.2, 0.25) is 0 Å². The first-order valence-corrected chi connectivity index (χ1v) is 10.5. The molecule has 1 aliphatic heterocycles. The molecule has 0 aromatic heterocycles. The summed E-state index contributed by atoms with van der Waals surface area (Å²) >= 11 is 0. The van der Waals surface area contributed by atoms with Crippen molar-refractivity contribution in [1.29, 1.82) is 0 Å². The minimum absolute atomic E-state index is 0.0792. The zero-order valence-electron chi connectivity index (χ0n) is 19.1. The Balaban J connectivity index is 1.56. The van der Waals surface area contributed by atoms with Crippen molar-refractivity contribution >= 4 is 5.97 Å². The zero-order chi connectivity index (χ0) is 24.0. The van der Waals surface area contributed by atoms with Gasteiger partial charge in [0.05, 0.1) is 19.8 Å². The Hall–Kier alpha value is -2.85. The molecule has 0 radical (unpaired) electrons. The van der Waals surface area contributed by atoms with E-state index in [1.807, 2.05) is 0 Å². The third kappa shape index (κ3) is 6.58. The van der Waals surface area contributed by atoms with Crippen LogP contribution in [-0.2, 0) is 14.2 Å². The lowest BCUT2D eigenvalue weighted by Gasteiger charge is -2.26. The molecule has 0 unspecified atom stereocenters. The average Bonchev–Trinajstić information content (AvgIpc) is 3.15. The van der Waals surface area contributed by atoms with Gasteiger partial charge >= 0.3 is 5.97 Å². The maximum atomic E-state index is 12.2. The Morgan fingerprint density at radius 1 is 0.939 bits per heavy atom. The molecule has 0 saturated carbocycles. The summed E-state index contributed by atoms with van der Waals surface area (Å²) in [5, 5.41) is 21.2. The van der Waals surface area contributed by atoms with Gasteiger partial charge in [-0.15, -0.1) is 0 Å². The summed E-state index contributed by atoms with van der Waals surface area (Å²) in [5.74, 6) is 0.271. The SMILES string of the molecule is COc1ccc(OC[C@H]2OC(C)(C)O[C@@H]2[C@@H](O)[C@H](O)COC(=O)c2ccc(OC)cc2)cc1. The standard InChI is InChI=1S/C24H30O9/c1-24(2)32-20(14-30-18-11-9-17(29-4)10-12-18)22(33-24)21(26)19(25)13-31-23(27)15-5-7-16(28-3)8-6-15/h5-12,19-22,25-26H,13-14H2,1-4H3/t19-,20-,21+,22+/m1/s1. The van der Waals surface area contributed by atoms with Crippen LogP contribution in [0.3, 0.4) is 0 Å². The Bertz CT molecular complexity index is 895. The number of aliphatic hydroxyl groups is 2. The molecule has 2 aromatic carbocycles. The second-order valence-electron chi connectivity index (χ2n) is 8.01. The molecule has 4 atom stereocenters. The molecule has 2 aromatic rings. The van der Waals surface area contributed by atoms with E-state index in [-0.39, 0.29) is 6.61 Å². The molecule has 0 amide bonds. The van der Waals surface area contributed by atoms with E-state index in [1.54, 1.807) is 69.5 Å². The Kier molecular flexibility index (Phi) is 8.15. The van der Waals surface area contributed by atoms with E-state index in [1.165, 1.54) is 7.11 Å². The number of esters is 1. The summed E-state index contributed by atoms with van der Waals surface area (Å²) in [6.07, 6.45) is -4.32. The predicted octanol–water partition coefficient (Wildman–Crippen LogP) is 2.18. The van der Waals surface area contributed by atoms with Gasteiger partial charge in [0.1, 0.15) is 54.9 Å². The van der Waals surface area contributed by atoms with Crippen molar-refractivity contribution in [3.63, 3.8) is 0 Å². The number of ether oxygens (including phenoxy) is 6. The summed E-state index contributed by atoms with van der Waals surface area (Å²) in [4.78, 5) is 12.2. The fourth-order valence-corrected chi connectivity index (χ4v) is 3.42. The summed E-state index contributed by atoms with van der Waals surface area (Å²) in [6.45, 7) is 3.07. The minimum Gasteiger partial charge on any atom is -0.497 e. The van der Waals surface area contributed by atoms with Crippen LogP contribution in [0.15, 0.2) is 48.5 Å². The van der Waals surface area contributed by atoms with Gasteiger partial charge in [0.15, 0.2) is 5.79 Å². The molecule has 0 spiro atoms. The fraction of sp³-hybridized carbons (Fsp3) is 0.458. The zero-order valence-corrected chi connectivity index (χ0v) is 19.1. The van der Waals surface area contributed by atoms with Gasteiger partial charge in [-0.05, 0) is 62.4 Å². The van der Waals surface area contributed by atoms with Crippen LogP contribution in [0.25, 0.3) is 0 Å². The van der Waals surface area contributed by atoms with Crippen LogP contribution in [0.1, 0.15) is 24.2 Å². The van der Waals surface area contributed by atoms with Crippen LogP contribution in [0.5, 0.6) is 17.2 Å². The molecule has 0 aliphatic carbocycles. The molecule has 3 rings (SSSR count). The molecule has 1 heterocycles. The number of hydrogen-bond acceptors (Lipinski definition) is 9. The highest BCUT2D eigenvalue weighted by Gasteiger charge is 2.47. The van der Waals surface area contributed by atoms with E-state index >= 15 is 0 Å². The van der Waals surface area contributed by atoms with Gasteiger partial charge in [-0.3, -0.25) is 0 Å². The average molecular weight is 462 g/mol. The molecule has 1 aliphatic rings. The molecular formula is C24H30O9. The summed E-state index contributed by atoms with van der Waals surface area (Å²) in [6, 6.07) is 13.4. The molecule has 180 valence electrons. The monoisotopic (exact) mass is 462 g/mol. The lowest BCUT2D eigenvalue weighted by atomic mass is 10.0. The van der Waals surface area contributed by atoms with Crippen molar-refractivity contribution in [3.05, 3.63) is 54.1 Å². The molecule has 9 nitrogen and oxygen atoms in total. The Morgan fingerprint density at radius 3 is 2.06 bits per heavy atom. The predicted molar refractivity (Wildman–Crippen MR) is 118 cm³/mol. The van der Waals surface area contributed by atoms with E-state index < -0.39 is 42.8 Å². The highest BCUT2D eigenvalue weighted by molar-refractivity contribution is 5.89. The first-order valence-electron chi connectivity index (χ1n) is 10.5. The molecule has 2 N–H and O–H groups in total. The molecule has 0 bridgehead atoms. The van der Waals surface area contributed by atoms with E-state index in [4.69, 9.17) is 28.4 Å². The maximum Gasteiger partial charge on any atom is 0.338 e. The molecular weight excluding hydrogens is 432 g/mol. The maximum absolute atomic E-state index is 12.2. The second-order valence-corrected chi connectivity index (χ2v) is 8.01. The van der Waals surface area contributed by atoms with Gasteiger partial charge in [0, 0.05) is 0 Å². The first-order chi connectivity index (χ1) is 15.7. The van der Waals surface area contributed by atoms with Gasteiger partial charge < -0.3 is 38.6 Å². The first kappa shape index (κ1) is 24.8. The number of carbonyl (C=O) groups excluding carboxylic acids is 1. The van der Waals surface area contributed by atoms with Crippen molar-refractivity contribution < 1.29 is 43.4 Å². The largest absolute Gasteiger partial charge is 0.497 e. The number of aliphatic hydroxyl groups excluding tert-OH is 2. The minimum atomic E-state index is -1.39. The van der Waals surface area contributed by atoms with Crippen LogP contribution in [0.2, 0.25) is 0 Å². The van der Waals surface area contributed by atoms with Crippen molar-refractivity contribution in [2.24, 2.45) is 0 Å². The highest BCUT2D eigenvalue weighted by Crippen LogP contribution is 2.31. The Morgan fingerprint density at radius 2 is 1.48 bits per heavy atom. The third-order valence-corrected chi connectivity index (χ3v) is 5.14. The second kappa shape index (κ2) is 10.8. The number of methoxy groups -OCH3 is 2. The number of carbonyl (C=O) groups is 1. The van der Waals surface area contributed by atoms with Gasteiger partial charge in [0.25, 0.3) is 0 Å². The topological polar surface area (TPSA) is 113 Å². The summed E-state index contributed by atoms with van der Waals surface area (Å²) in [7, 11) is 3.10. The number of rotatable bonds is 10.